The number of aryl methyl sites for hydroxylation is 1. The maximum atomic E-state index is 4.58. The molecule has 1 aromatic carbocycles. The minimum atomic E-state index is 0.175. The van der Waals surface area contributed by atoms with E-state index in [1.165, 1.54) is 5.56 Å². The van der Waals surface area contributed by atoms with E-state index in [2.05, 4.69) is 56.7 Å². The van der Waals surface area contributed by atoms with Crippen LogP contribution in [0.1, 0.15) is 29.2 Å². The smallest absolute Gasteiger partial charge is 0.114 e. The summed E-state index contributed by atoms with van der Waals surface area (Å²) in [5.74, 6) is 0. The predicted octanol–water partition coefficient (Wildman–Crippen LogP) is 3.91. The van der Waals surface area contributed by atoms with Crippen LogP contribution >= 0.6 is 27.3 Å². The third-order valence-corrected chi connectivity index (χ3v) is 4.26. The van der Waals surface area contributed by atoms with Gasteiger partial charge < -0.3 is 5.32 Å². The maximum absolute atomic E-state index is 4.58. The van der Waals surface area contributed by atoms with Crippen molar-refractivity contribution in [2.75, 3.05) is 6.54 Å². The van der Waals surface area contributed by atoms with E-state index in [0.717, 1.165) is 21.7 Å². The van der Waals surface area contributed by atoms with Crippen molar-refractivity contribution in [1.82, 2.24) is 10.3 Å². The van der Waals surface area contributed by atoms with Gasteiger partial charge in [-0.15, -0.1) is 11.3 Å². The third kappa shape index (κ3) is 2.94. The van der Waals surface area contributed by atoms with E-state index in [1.54, 1.807) is 11.3 Å². The molecule has 1 atom stereocenters. The molecular weight excluding hydrogens is 296 g/mol. The van der Waals surface area contributed by atoms with Crippen molar-refractivity contribution in [3.63, 3.8) is 0 Å². The number of thiazole rings is 1. The van der Waals surface area contributed by atoms with Gasteiger partial charge in [-0.25, -0.2) is 4.98 Å². The Hall–Kier alpha value is -0.710. The molecule has 2 rings (SSSR count). The molecule has 0 spiro atoms. The van der Waals surface area contributed by atoms with Gasteiger partial charge in [-0.05, 0) is 25.1 Å². The zero-order valence-electron chi connectivity index (χ0n) is 9.90. The van der Waals surface area contributed by atoms with Gasteiger partial charge in [0.2, 0.25) is 0 Å². The van der Waals surface area contributed by atoms with E-state index in [9.17, 15) is 0 Å². The van der Waals surface area contributed by atoms with Crippen LogP contribution in [0.15, 0.2) is 34.1 Å². The highest BCUT2D eigenvalue weighted by atomic mass is 79.9. The van der Waals surface area contributed by atoms with Crippen LogP contribution in [-0.2, 0) is 0 Å². The van der Waals surface area contributed by atoms with Crippen LogP contribution in [0.2, 0.25) is 0 Å². The quantitative estimate of drug-likeness (QED) is 0.926. The van der Waals surface area contributed by atoms with E-state index < -0.39 is 0 Å². The molecule has 1 aromatic heterocycles. The lowest BCUT2D eigenvalue weighted by Gasteiger charge is -2.17. The van der Waals surface area contributed by atoms with Crippen LogP contribution in [0.3, 0.4) is 0 Å². The van der Waals surface area contributed by atoms with Gasteiger partial charge in [-0.2, -0.15) is 0 Å². The zero-order chi connectivity index (χ0) is 12.3. The van der Waals surface area contributed by atoms with Gasteiger partial charge >= 0.3 is 0 Å². The average Bonchev–Trinajstić information content (AvgIpc) is 2.74. The molecule has 4 heteroatoms. The first kappa shape index (κ1) is 12.7. The van der Waals surface area contributed by atoms with Gasteiger partial charge in [0.25, 0.3) is 0 Å². The summed E-state index contributed by atoms with van der Waals surface area (Å²) in [6, 6.07) is 8.47. The second-order valence-corrected chi connectivity index (χ2v) is 5.58. The van der Waals surface area contributed by atoms with E-state index >= 15 is 0 Å². The molecule has 1 heterocycles. The molecule has 1 N–H and O–H groups in total. The molecule has 0 saturated heterocycles. The summed E-state index contributed by atoms with van der Waals surface area (Å²) in [5.41, 5.74) is 2.32. The molecule has 1 unspecified atom stereocenters. The van der Waals surface area contributed by atoms with Crippen LogP contribution in [-0.4, -0.2) is 11.5 Å². The molecule has 0 saturated carbocycles. The lowest BCUT2D eigenvalue weighted by atomic mass is 10.1. The molecule has 0 radical (unpaired) electrons. The SMILES string of the molecule is CCNC(c1nc(C)cs1)c1ccccc1Br. The third-order valence-electron chi connectivity index (χ3n) is 2.51. The molecular formula is C13H15BrN2S. The second-order valence-electron chi connectivity index (χ2n) is 3.84. The van der Waals surface area contributed by atoms with Crippen molar-refractivity contribution in [2.45, 2.75) is 19.9 Å². The first-order valence-electron chi connectivity index (χ1n) is 5.62. The molecule has 90 valence electrons. The fourth-order valence-electron chi connectivity index (χ4n) is 1.75. The summed E-state index contributed by atoms with van der Waals surface area (Å²) in [6.45, 7) is 5.07. The molecule has 0 bridgehead atoms. The normalized spacial score (nSPS) is 12.6. The maximum Gasteiger partial charge on any atom is 0.114 e. The summed E-state index contributed by atoms with van der Waals surface area (Å²) >= 11 is 5.31. The Morgan fingerprint density at radius 1 is 1.41 bits per heavy atom. The van der Waals surface area contributed by atoms with Gasteiger partial charge in [-0.3, -0.25) is 0 Å². The van der Waals surface area contributed by atoms with Crippen LogP contribution in [0.4, 0.5) is 0 Å². The largest absolute Gasteiger partial charge is 0.305 e. The van der Waals surface area contributed by atoms with Crippen molar-refractivity contribution in [2.24, 2.45) is 0 Å². The number of hydrogen-bond acceptors (Lipinski definition) is 3. The fourth-order valence-corrected chi connectivity index (χ4v) is 3.15. The summed E-state index contributed by atoms with van der Waals surface area (Å²) < 4.78 is 1.12. The topological polar surface area (TPSA) is 24.9 Å². The van der Waals surface area contributed by atoms with E-state index in [0.29, 0.717) is 0 Å². The van der Waals surface area contributed by atoms with Gasteiger partial charge in [0.1, 0.15) is 5.01 Å². The number of nitrogens with zero attached hydrogens (tertiary/aromatic N) is 1. The molecule has 2 aromatic rings. The highest BCUT2D eigenvalue weighted by Gasteiger charge is 2.18. The molecule has 17 heavy (non-hydrogen) atoms. The van der Waals surface area contributed by atoms with E-state index in [4.69, 9.17) is 0 Å². The van der Waals surface area contributed by atoms with E-state index in [1.807, 2.05) is 13.0 Å². The Morgan fingerprint density at radius 3 is 2.76 bits per heavy atom. The fraction of sp³-hybridized carbons (Fsp3) is 0.308. The number of nitrogens with one attached hydrogen (secondary N) is 1. The van der Waals surface area contributed by atoms with E-state index in [-0.39, 0.29) is 6.04 Å². The van der Waals surface area contributed by atoms with Crippen molar-refractivity contribution < 1.29 is 0 Å². The minimum Gasteiger partial charge on any atom is -0.305 e. The molecule has 2 nitrogen and oxygen atoms in total. The van der Waals surface area contributed by atoms with Crippen LogP contribution < -0.4 is 5.32 Å². The summed E-state index contributed by atoms with van der Waals surface area (Å²) in [4.78, 5) is 4.58. The Bertz CT molecular complexity index is 496. The minimum absolute atomic E-state index is 0.175. The number of halogens is 1. The first-order chi connectivity index (χ1) is 8.22. The highest BCUT2D eigenvalue weighted by molar-refractivity contribution is 9.10. The zero-order valence-corrected chi connectivity index (χ0v) is 12.3. The number of rotatable bonds is 4. The van der Waals surface area contributed by atoms with Crippen molar-refractivity contribution in [1.29, 1.82) is 0 Å². The Morgan fingerprint density at radius 2 is 2.18 bits per heavy atom. The Labute approximate surface area is 114 Å². The number of aromatic nitrogens is 1. The van der Waals surface area contributed by atoms with Crippen LogP contribution in [0.5, 0.6) is 0 Å². The molecule has 0 aliphatic heterocycles. The Kier molecular flexibility index (Phi) is 4.31. The molecule has 0 aliphatic carbocycles. The molecule has 0 amide bonds. The average molecular weight is 311 g/mol. The standard InChI is InChI=1S/C13H15BrN2S/c1-3-15-12(13-16-9(2)8-17-13)10-6-4-5-7-11(10)14/h4-8,12,15H,3H2,1-2H3. The number of hydrogen-bond donors (Lipinski definition) is 1. The van der Waals surface area contributed by atoms with Gasteiger partial charge in [-0.1, -0.05) is 41.1 Å². The lowest BCUT2D eigenvalue weighted by molar-refractivity contribution is 0.624. The van der Waals surface area contributed by atoms with Crippen LogP contribution in [0.25, 0.3) is 0 Å². The van der Waals surface area contributed by atoms with Gasteiger partial charge in [0.15, 0.2) is 0 Å². The first-order valence-corrected chi connectivity index (χ1v) is 7.29. The van der Waals surface area contributed by atoms with Crippen molar-refractivity contribution >= 4 is 27.3 Å². The highest BCUT2D eigenvalue weighted by Crippen LogP contribution is 2.30. The lowest BCUT2D eigenvalue weighted by Crippen LogP contribution is -2.22. The molecule has 0 aliphatic rings. The summed E-state index contributed by atoms with van der Waals surface area (Å²) in [6.07, 6.45) is 0. The van der Waals surface area contributed by atoms with Crippen molar-refractivity contribution in [3.05, 3.63) is 50.4 Å². The van der Waals surface area contributed by atoms with Gasteiger partial charge in [0.05, 0.1) is 6.04 Å². The second kappa shape index (κ2) is 5.76. The number of benzene rings is 1. The summed E-state index contributed by atoms with van der Waals surface area (Å²) in [7, 11) is 0. The monoisotopic (exact) mass is 310 g/mol. The van der Waals surface area contributed by atoms with Crippen molar-refractivity contribution in [3.8, 4) is 0 Å². The Balaban J connectivity index is 2.39. The van der Waals surface area contributed by atoms with Gasteiger partial charge in [0, 0.05) is 15.5 Å². The van der Waals surface area contributed by atoms with Crippen LogP contribution in [0, 0.1) is 6.92 Å². The summed E-state index contributed by atoms with van der Waals surface area (Å²) in [5, 5.41) is 6.70. The molecule has 0 fully saturated rings. The predicted molar refractivity (Wildman–Crippen MR) is 76.5 cm³/mol.